The van der Waals surface area contributed by atoms with E-state index in [4.69, 9.17) is 14.2 Å². The fraction of sp³-hybridized carbons (Fsp3) is 0.930. The van der Waals surface area contributed by atoms with Crippen molar-refractivity contribution in [3.05, 3.63) is 0 Å². The first kappa shape index (κ1) is 44.0. The van der Waals surface area contributed by atoms with Crippen LogP contribution in [0.5, 0.6) is 0 Å². The quantitative estimate of drug-likeness (QED) is 0.136. The Morgan fingerprint density at radius 1 is 0.434 bits per heavy atom. The molecule has 0 aromatic heterocycles. The number of rotatable bonds is 10. The van der Waals surface area contributed by atoms with E-state index in [0.717, 1.165) is 12.8 Å². The number of esters is 3. The summed E-state index contributed by atoms with van der Waals surface area (Å²) in [5.41, 5.74) is -1.77. The third kappa shape index (κ3) is 13.2. The molecule has 4 heterocycles. The molecule has 0 spiro atoms. The number of hydrogen-bond acceptors (Lipinski definition) is 10. The molecule has 0 bridgehead atoms. The van der Waals surface area contributed by atoms with Crippen LogP contribution in [0.4, 0.5) is 0 Å². The minimum Gasteiger partial charge on any atom is -0.462 e. The third-order valence-corrected chi connectivity index (χ3v) is 11.7. The van der Waals surface area contributed by atoms with Crippen LogP contribution in [0.25, 0.3) is 0 Å². The highest BCUT2D eigenvalue weighted by Crippen LogP contribution is 2.41. The van der Waals surface area contributed by atoms with E-state index in [0.29, 0.717) is 44.9 Å². The Hall–Kier alpha value is -1.75. The highest BCUT2D eigenvalue weighted by Gasteiger charge is 2.48. The number of piperidine rings is 4. The Balaban J connectivity index is 1.70. The molecule has 4 N–H and O–H groups in total. The lowest BCUT2D eigenvalue weighted by atomic mass is 9.70. The second-order valence-corrected chi connectivity index (χ2v) is 23.0. The van der Waals surface area contributed by atoms with Gasteiger partial charge in [-0.3, -0.25) is 14.4 Å². The largest absolute Gasteiger partial charge is 0.462 e. The van der Waals surface area contributed by atoms with Gasteiger partial charge >= 0.3 is 17.9 Å². The van der Waals surface area contributed by atoms with E-state index in [9.17, 15) is 14.4 Å². The van der Waals surface area contributed by atoms with Gasteiger partial charge in [-0.2, -0.15) is 0 Å². The molecular formula is C43H78N4O6. The highest BCUT2D eigenvalue weighted by atomic mass is 16.6. The molecule has 2 atom stereocenters. The van der Waals surface area contributed by atoms with Crippen molar-refractivity contribution in [2.45, 2.75) is 238 Å². The first-order valence-corrected chi connectivity index (χ1v) is 20.5. The highest BCUT2D eigenvalue weighted by molar-refractivity contribution is 5.86. The van der Waals surface area contributed by atoms with Gasteiger partial charge in [-0.1, -0.05) is 0 Å². The lowest BCUT2D eigenvalue weighted by Crippen LogP contribution is -2.60. The van der Waals surface area contributed by atoms with Crippen molar-refractivity contribution in [2.75, 3.05) is 0 Å². The molecule has 10 nitrogen and oxygen atoms in total. The Labute approximate surface area is 322 Å². The van der Waals surface area contributed by atoms with E-state index in [1.165, 1.54) is 0 Å². The summed E-state index contributed by atoms with van der Waals surface area (Å²) in [7, 11) is 0. The van der Waals surface area contributed by atoms with Crippen molar-refractivity contribution in [1.29, 1.82) is 0 Å². The summed E-state index contributed by atoms with van der Waals surface area (Å²) in [6.07, 6.45) is 4.72. The Morgan fingerprint density at radius 3 is 1.02 bits per heavy atom. The summed E-state index contributed by atoms with van der Waals surface area (Å²) < 4.78 is 19.1. The zero-order valence-corrected chi connectivity index (χ0v) is 36.5. The Bertz CT molecular complexity index is 1280. The first-order chi connectivity index (χ1) is 23.7. The normalized spacial score (nSPS) is 29.0. The molecule has 4 saturated heterocycles. The van der Waals surface area contributed by atoms with Crippen LogP contribution in [-0.4, -0.2) is 80.5 Å². The number of carbonyl (C=O) groups is 3. The molecule has 0 aliphatic carbocycles. The molecule has 0 amide bonds. The number of nitrogens with one attached hydrogen (secondary N) is 4. The predicted molar refractivity (Wildman–Crippen MR) is 211 cm³/mol. The number of ether oxygens (including phenoxy) is 3. The van der Waals surface area contributed by atoms with Gasteiger partial charge in [0.2, 0.25) is 0 Å². The number of carbonyl (C=O) groups excluding carboxylic acids is 3. The van der Waals surface area contributed by atoms with Crippen molar-refractivity contribution < 1.29 is 28.6 Å². The monoisotopic (exact) mass is 747 g/mol. The topological polar surface area (TPSA) is 127 Å². The molecule has 4 aliphatic rings. The molecule has 0 radical (unpaired) electrons. The van der Waals surface area contributed by atoms with Gasteiger partial charge in [-0.15, -0.1) is 0 Å². The molecule has 2 unspecified atom stereocenters. The molecule has 0 aromatic rings. The summed E-state index contributed by atoms with van der Waals surface area (Å²) in [5.74, 6) is -3.18. The molecule has 0 saturated carbocycles. The Morgan fingerprint density at radius 2 is 0.698 bits per heavy atom. The lowest BCUT2D eigenvalue weighted by Gasteiger charge is -2.48. The zero-order chi connectivity index (χ0) is 40.2. The van der Waals surface area contributed by atoms with Crippen LogP contribution in [0.15, 0.2) is 0 Å². The zero-order valence-electron chi connectivity index (χ0n) is 36.5. The van der Waals surface area contributed by atoms with Gasteiger partial charge in [0.25, 0.3) is 0 Å². The molecule has 53 heavy (non-hydrogen) atoms. The molecule has 0 aromatic carbocycles. The van der Waals surface area contributed by atoms with Crippen LogP contribution in [0.2, 0.25) is 0 Å². The van der Waals surface area contributed by atoms with Crippen LogP contribution in [0, 0.1) is 17.8 Å². The smallest absolute Gasteiger partial charge is 0.310 e. The fourth-order valence-electron chi connectivity index (χ4n) is 11.7. The van der Waals surface area contributed by atoms with Crippen molar-refractivity contribution in [1.82, 2.24) is 21.3 Å². The average Bonchev–Trinajstić information content (AvgIpc) is 2.82. The van der Waals surface area contributed by atoms with Gasteiger partial charge in [0.15, 0.2) is 0 Å². The fourth-order valence-corrected chi connectivity index (χ4v) is 11.7. The standard InChI is InChI=1S/C43H78N4O6/c1-36(2)19-27(20-37(3,4)44-36)17-31(34(49)52-29-23-40(9,10)46-41(11,12)24-29)32(35(50)53-30-25-42(13,14)47-43(15,16)26-30)18-33(48)51-28-21-38(5,6)45-39(7,8)22-28/h27-32,44-47H,17-26H2,1-16H3. The molecular weight excluding hydrogens is 668 g/mol. The average molecular weight is 747 g/mol. The summed E-state index contributed by atoms with van der Waals surface area (Å²) in [5, 5.41) is 14.8. The van der Waals surface area contributed by atoms with Crippen molar-refractivity contribution >= 4 is 17.9 Å². The SMILES string of the molecule is CC1(C)CC(CC(C(=O)OC2CC(C)(C)NC(C)(C)C2)C(CC(=O)OC2CC(C)(C)NC(C)(C)C2)C(=O)OC2CC(C)(C)NC(C)(C)C2)CC(C)(C)N1. The summed E-state index contributed by atoms with van der Waals surface area (Å²) in [6, 6.07) is 0. The van der Waals surface area contributed by atoms with Gasteiger partial charge in [0, 0.05) is 82.8 Å². The van der Waals surface area contributed by atoms with Crippen LogP contribution in [0.3, 0.4) is 0 Å². The van der Waals surface area contributed by atoms with Gasteiger partial charge in [0.05, 0.1) is 18.3 Å². The van der Waals surface area contributed by atoms with Crippen molar-refractivity contribution in [2.24, 2.45) is 17.8 Å². The lowest BCUT2D eigenvalue weighted by molar-refractivity contribution is -0.175. The summed E-state index contributed by atoms with van der Waals surface area (Å²) >= 11 is 0. The Kier molecular flexibility index (Phi) is 12.4. The molecule has 4 rings (SSSR count). The maximum Gasteiger partial charge on any atom is 0.310 e. The van der Waals surface area contributed by atoms with Crippen molar-refractivity contribution in [3.8, 4) is 0 Å². The minimum absolute atomic E-state index is 0.119. The number of hydrogen-bond donors (Lipinski definition) is 4. The van der Waals surface area contributed by atoms with Gasteiger partial charge in [0.1, 0.15) is 18.3 Å². The van der Waals surface area contributed by atoms with E-state index < -0.39 is 29.7 Å². The summed E-state index contributed by atoms with van der Waals surface area (Å²) in [4.78, 5) is 43.6. The minimum atomic E-state index is -1.04. The van der Waals surface area contributed by atoms with E-state index in [2.05, 4.69) is 132 Å². The predicted octanol–water partition coefficient (Wildman–Crippen LogP) is 7.11. The third-order valence-electron chi connectivity index (χ3n) is 11.7. The van der Waals surface area contributed by atoms with Crippen LogP contribution >= 0.6 is 0 Å². The molecule has 10 heteroatoms. The van der Waals surface area contributed by atoms with E-state index in [1.807, 2.05) is 0 Å². The second kappa shape index (κ2) is 15.0. The van der Waals surface area contributed by atoms with Crippen LogP contribution < -0.4 is 21.3 Å². The molecule has 306 valence electrons. The first-order valence-electron chi connectivity index (χ1n) is 20.5. The molecule has 4 aliphatic heterocycles. The van der Waals surface area contributed by atoms with Gasteiger partial charge < -0.3 is 35.5 Å². The van der Waals surface area contributed by atoms with Crippen LogP contribution in [-0.2, 0) is 28.6 Å². The van der Waals surface area contributed by atoms with Crippen LogP contribution in [0.1, 0.15) is 175 Å². The van der Waals surface area contributed by atoms with E-state index >= 15 is 0 Å². The van der Waals surface area contributed by atoms with Crippen molar-refractivity contribution in [3.63, 3.8) is 0 Å². The maximum atomic E-state index is 14.8. The second-order valence-electron chi connectivity index (χ2n) is 23.0. The summed E-state index contributed by atoms with van der Waals surface area (Å²) in [6.45, 7) is 34.3. The maximum absolute atomic E-state index is 14.8. The van der Waals surface area contributed by atoms with E-state index in [1.54, 1.807) is 0 Å². The molecule has 4 fully saturated rings. The van der Waals surface area contributed by atoms with Gasteiger partial charge in [-0.25, -0.2) is 0 Å². The van der Waals surface area contributed by atoms with Gasteiger partial charge in [-0.05, 0) is 136 Å². The van der Waals surface area contributed by atoms with E-state index in [-0.39, 0.29) is 75.0 Å².